The smallest absolute Gasteiger partial charge is 0.337 e. The normalized spacial score (nSPS) is 9.67. The number of ether oxygens (including phenoxy) is 1. The van der Waals surface area contributed by atoms with E-state index in [-0.39, 0.29) is 5.56 Å². The number of aromatic carboxylic acids is 1. The third-order valence-corrected chi connectivity index (χ3v) is 4.41. The number of carbonyl (C=O) groups excluding carboxylic acids is 1. The van der Waals surface area contributed by atoms with Gasteiger partial charge in [0.15, 0.2) is 0 Å². The Morgan fingerprint density at radius 2 is 1.36 bits per heavy atom. The molecule has 33 heavy (non-hydrogen) atoms. The molecule has 0 aliphatic heterocycles. The molecule has 0 aliphatic carbocycles. The highest BCUT2D eigenvalue weighted by molar-refractivity contribution is 5.90. The minimum Gasteiger partial charge on any atom is -0.478 e. The topological polar surface area (TPSA) is 147 Å². The Kier molecular flexibility index (Phi) is 6.94. The Balaban J connectivity index is 0.000000186. The van der Waals surface area contributed by atoms with E-state index >= 15 is 0 Å². The largest absolute Gasteiger partial charge is 0.478 e. The quantitative estimate of drug-likeness (QED) is 0.476. The van der Waals surface area contributed by atoms with Gasteiger partial charge in [-0.2, -0.15) is 20.7 Å². The van der Waals surface area contributed by atoms with Gasteiger partial charge in [0.2, 0.25) is 0 Å². The zero-order valence-corrected chi connectivity index (χ0v) is 17.3. The summed E-state index contributed by atoms with van der Waals surface area (Å²) in [6.07, 6.45) is 6.53. The second kappa shape index (κ2) is 10.2. The highest BCUT2D eigenvalue weighted by Gasteiger charge is 2.11. The van der Waals surface area contributed by atoms with Crippen LogP contribution >= 0.6 is 0 Å². The lowest BCUT2D eigenvalue weighted by atomic mass is 10.1. The first-order valence-electron chi connectivity index (χ1n) is 9.38. The fraction of sp³-hybridized carbons (Fsp3) is 0.0435. The van der Waals surface area contributed by atoms with Crippen molar-refractivity contribution in [2.75, 3.05) is 7.11 Å². The minimum atomic E-state index is -1.03. The number of hydrogen-bond acceptors (Lipinski definition) is 7. The van der Waals surface area contributed by atoms with E-state index in [1.54, 1.807) is 55.1 Å². The van der Waals surface area contributed by atoms with Crippen LogP contribution in [0.25, 0.3) is 11.4 Å². The van der Waals surface area contributed by atoms with Crippen molar-refractivity contribution in [1.29, 1.82) is 10.5 Å². The van der Waals surface area contributed by atoms with Crippen LogP contribution in [0.1, 0.15) is 31.8 Å². The minimum absolute atomic E-state index is 0.129. The molecule has 2 aromatic carbocycles. The third kappa shape index (κ3) is 5.10. The van der Waals surface area contributed by atoms with Crippen molar-refractivity contribution < 1.29 is 19.4 Å². The van der Waals surface area contributed by atoms with Crippen molar-refractivity contribution in [1.82, 2.24) is 19.6 Å². The van der Waals surface area contributed by atoms with Gasteiger partial charge < -0.3 is 9.84 Å². The molecule has 4 aromatic rings. The van der Waals surface area contributed by atoms with E-state index in [9.17, 15) is 9.59 Å². The van der Waals surface area contributed by atoms with Crippen LogP contribution in [0, 0.1) is 22.7 Å². The summed E-state index contributed by atoms with van der Waals surface area (Å²) in [6, 6.07) is 16.5. The number of nitriles is 2. The lowest BCUT2D eigenvalue weighted by molar-refractivity contribution is 0.0599. The molecular formula is C23H16N6O4. The van der Waals surface area contributed by atoms with E-state index in [0.717, 1.165) is 0 Å². The molecule has 0 fully saturated rings. The van der Waals surface area contributed by atoms with Crippen LogP contribution < -0.4 is 0 Å². The summed E-state index contributed by atoms with van der Waals surface area (Å²) in [5.74, 6) is -1.47. The van der Waals surface area contributed by atoms with Gasteiger partial charge in [0.25, 0.3) is 0 Å². The standard InChI is InChI=1S/C12H9N3O2.C11H7N3O2/c1-17-12(16)9-3-4-10(8-13)11(7-9)15-6-2-5-14-15;12-7-9-3-2-8(11(15)16)6-10(9)14-5-1-4-13-14/h2-7H,1H3;1-6H,(H,15,16). The van der Waals surface area contributed by atoms with Crippen molar-refractivity contribution >= 4 is 11.9 Å². The van der Waals surface area contributed by atoms with Crippen LogP contribution in [0.3, 0.4) is 0 Å². The van der Waals surface area contributed by atoms with E-state index in [1.165, 1.54) is 34.7 Å². The molecule has 0 unspecified atom stereocenters. The Labute approximate surface area is 188 Å². The van der Waals surface area contributed by atoms with Gasteiger partial charge in [-0.25, -0.2) is 19.0 Å². The van der Waals surface area contributed by atoms with Gasteiger partial charge in [0.1, 0.15) is 12.1 Å². The summed E-state index contributed by atoms with van der Waals surface area (Å²) < 4.78 is 7.63. The van der Waals surface area contributed by atoms with E-state index < -0.39 is 11.9 Å². The molecule has 0 bridgehead atoms. The van der Waals surface area contributed by atoms with Crippen molar-refractivity contribution in [3.05, 3.63) is 95.6 Å². The van der Waals surface area contributed by atoms with Crippen molar-refractivity contribution in [3.8, 4) is 23.5 Å². The van der Waals surface area contributed by atoms with Gasteiger partial charge in [0.05, 0.1) is 40.7 Å². The SMILES string of the molecule is COC(=O)c1ccc(C#N)c(-n2cccn2)c1.N#Cc1ccc(C(=O)O)cc1-n1cccn1. The van der Waals surface area contributed by atoms with Gasteiger partial charge in [0, 0.05) is 24.8 Å². The van der Waals surface area contributed by atoms with Gasteiger partial charge in [-0.1, -0.05) is 0 Å². The Morgan fingerprint density at radius 1 is 0.879 bits per heavy atom. The van der Waals surface area contributed by atoms with Crippen LogP contribution in [0.4, 0.5) is 0 Å². The van der Waals surface area contributed by atoms with E-state index in [1.807, 2.05) is 6.07 Å². The molecule has 0 atom stereocenters. The first-order chi connectivity index (χ1) is 16.0. The Bertz CT molecular complexity index is 1360. The number of carbonyl (C=O) groups is 2. The lowest BCUT2D eigenvalue weighted by Gasteiger charge is -2.06. The molecule has 4 rings (SSSR count). The zero-order valence-electron chi connectivity index (χ0n) is 17.3. The molecule has 162 valence electrons. The average molecular weight is 440 g/mol. The number of methoxy groups -OCH3 is 1. The second-order valence-electron chi connectivity index (χ2n) is 6.39. The maximum atomic E-state index is 11.4. The van der Waals surface area contributed by atoms with E-state index in [0.29, 0.717) is 28.1 Å². The van der Waals surface area contributed by atoms with Crippen LogP contribution in [-0.4, -0.2) is 43.7 Å². The van der Waals surface area contributed by atoms with E-state index in [2.05, 4.69) is 21.0 Å². The summed E-state index contributed by atoms with van der Waals surface area (Å²) in [4.78, 5) is 22.2. The van der Waals surface area contributed by atoms with Crippen molar-refractivity contribution in [3.63, 3.8) is 0 Å². The number of aromatic nitrogens is 4. The average Bonchev–Trinajstić information content (AvgIpc) is 3.58. The fourth-order valence-electron chi connectivity index (χ4n) is 2.83. The highest BCUT2D eigenvalue weighted by Crippen LogP contribution is 2.17. The summed E-state index contributed by atoms with van der Waals surface area (Å²) in [6.45, 7) is 0. The molecule has 2 heterocycles. The first kappa shape index (κ1) is 22.5. The second-order valence-corrected chi connectivity index (χ2v) is 6.39. The molecular weight excluding hydrogens is 424 g/mol. The van der Waals surface area contributed by atoms with Gasteiger partial charge in [-0.15, -0.1) is 0 Å². The highest BCUT2D eigenvalue weighted by atomic mass is 16.5. The maximum absolute atomic E-state index is 11.4. The van der Waals surface area contributed by atoms with Crippen LogP contribution in [-0.2, 0) is 4.74 Å². The summed E-state index contributed by atoms with van der Waals surface area (Å²) in [5, 5.41) is 34.8. The monoisotopic (exact) mass is 440 g/mol. The first-order valence-corrected chi connectivity index (χ1v) is 9.38. The number of benzene rings is 2. The van der Waals surface area contributed by atoms with Crippen molar-refractivity contribution in [2.24, 2.45) is 0 Å². The summed E-state index contributed by atoms with van der Waals surface area (Å²) in [5.41, 5.74) is 2.37. The van der Waals surface area contributed by atoms with E-state index in [4.69, 9.17) is 15.6 Å². The molecule has 2 aromatic heterocycles. The lowest BCUT2D eigenvalue weighted by Crippen LogP contribution is -2.05. The zero-order chi connectivity index (χ0) is 23.8. The number of hydrogen-bond donors (Lipinski definition) is 1. The van der Waals surface area contributed by atoms with Crippen LogP contribution in [0.15, 0.2) is 73.3 Å². The number of esters is 1. The molecule has 0 radical (unpaired) electrons. The predicted octanol–water partition coefficient (Wildman–Crippen LogP) is 2.97. The molecule has 10 nitrogen and oxygen atoms in total. The third-order valence-electron chi connectivity index (χ3n) is 4.41. The Morgan fingerprint density at radius 3 is 1.76 bits per heavy atom. The molecule has 1 N–H and O–H groups in total. The molecule has 0 saturated carbocycles. The van der Waals surface area contributed by atoms with Crippen LogP contribution in [0.5, 0.6) is 0 Å². The summed E-state index contributed by atoms with van der Waals surface area (Å²) in [7, 11) is 1.31. The molecule has 0 amide bonds. The van der Waals surface area contributed by atoms with Gasteiger partial charge in [-0.05, 0) is 48.5 Å². The molecule has 0 saturated heterocycles. The van der Waals surface area contributed by atoms with Crippen LogP contribution in [0.2, 0.25) is 0 Å². The number of rotatable bonds is 4. The summed E-state index contributed by atoms with van der Waals surface area (Å²) >= 11 is 0. The molecule has 0 aliphatic rings. The fourth-order valence-corrected chi connectivity index (χ4v) is 2.83. The Hall–Kier alpha value is -5.22. The predicted molar refractivity (Wildman–Crippen MR) is 115 cm³/mol. The van der Waals surface area contributed by atoms with Gasteiger partial charge >= 0.3 is 11.9 Å². The number of nitrogens with zero attached hydrogens (tertiary/aromatic N) is 6. The number of carboxylic acids is 1. The van der Waals surface area contributed by atoms with Gasteiger partial charge in [-0.3, -0.25) is 0 Å². The number of carboxylic acid groups (broad SMARTS) is 1. The maximum Gasteiger partial charge on any atom is 0.337 e. The molecule has 0 spiro atoms. The van der Waals surface area contributed by atoms with Crippen molar-refractivity contribution in [2.45, 2.75) is 0 Å². The molecule has 10 heteroatoms.